The zero-order valence-corrected chi connectivity index (χ0v) is 33.6. The molecule has 10 heteroatoms. The van der Waals surface area contributed by atoms with Crippen LogP contribution in [-0.4, -0.2) is 103 Å². The molecule has 2 aliphatic heterocycles. The molecule has 2 fully saturated rings. The van der Waals surface area contributed by atoms with Crippen LogP contribution in [0.3, 0.4) is 0 Å². The second kappa shape index (κ2) is 18.7. The first kappa shape index (κ1) is 40.5. The van der Waals surface area contributed by atoms with Crippen LogP contribution in [0.25, 0.3) is 12.2 Å². The van der Waals surface area contributed by atoms with Crippen LogP contribution < -0.4 is 10.6 Å². The molecule has 0 radical (unpaired) electrons. The Balaban J connectivity index is 1.04. The molecule has 4 aromatic rings. The number of aryl methyl sites for hydroxylation is 2. The average molecular weight is 757 g/mol. The number of hydroxylamine groups is 2. The maximum atomic E-state index is 13.7. The number of hydrogen-bond donors (Lipinski definition) is 2. The molecule has 2 saturated heterocycles. The fourth-order valence-electron chi connectivity index (χ4n) is 7.59. The summed E-state index contributed by atoms with van der Waals surface area (Å²) in [5, 5.41) is 8.01. The van der Waals surface area contributed by atoms with Crippen LogP contribution in [0, 0.1) is 0 Å². The van der Waals surface area contributed by atoms with E-state index in [1.807, 2.05) is 137 Å². The van der Waals surface area contributed by atoms with Crippen LogP contribution in [0.5, 0.6) is 0 Å². The lowest BCUT2D eigenvalue weighted by Crippen LogP contribution is -2.43. The fourth-order valence-corrected chi connectivity index (χ4v) is 7.59. The van der Waals surface area contributed by atoms with E-state index in [2.05, 4.69) is 39.5 Å². The van der Waals surface area contributed by atoms with Crippen molar-refractivity contribution in [3.05, 3.63) is 130 Å². The van der Waals surface area contributed by atoms with E-state index >= 15 is 0 Å². The molecule has 2 aliphatic rings. The maximum absolute atomic E-state index is 13.7. The summed E-state index contributed by atoms with van der Waals surface area (Å²) in [5.41, 5.74) is 7.40. The molecule has 3 amide bonds. The minimum atomic E-state index is -0.568. The highest BCUT2D eigenvalue weighted by Gasteiger charge is 2.41. The number of carbonyl (C=O) groups is 3. The molecule has 6 rings (SSSR count). The minimum Gasteiger partial charge on any atom is -0.325 e. The van der Waals surface area contributed by atoms with Crippen LogP contribution in [0.2, 0.25) is 0 Å². The third kappa shape index (κ3) is 9.81. The number of likely N-dealkylation sites (N-methyl/N-ethyl adjacent to an activating group) is 2. The second-order valence-electron chi connectivity index (χ2n) is 15.3. The lowest BCUT2D eigenvalue weighted by atomic mass is 10.0. The van der Waals surface area contributed by atoms with Crippen LogP contribution >= 0.6 is 0 Å². The fraction of sp³-hybridized carbons (Fsp3) is 0.370. The Morgan fingerprint density at radius 3 is 1.68 bits per heavy atom. The van der Waals surface area contributed by atoms with Gasteiger partial charge >= 0.3 is 0 Å². The quantitative estimate of drug-likeness (QED) is 0.136. The van der Waals surface area contributed by atoms with Gasteiger partial charge in [-0.15, -0.1) is 0 Å². The van der Waals surface area contributed by atoms with Gasteiger partial charge in [0, 0.05) is 42.1 Å². The summed E-state index contributed by atoms with van der Waals surface area (Å²) >= 11 is 0. The van der Waals surface area contributed by atoms with Crippen molar-refractivity contribution in [2.24, 2.45) is 0 Å². The Labute approximate surface area is 332 Å². The molecule has 0 aromatic heterocycles. The van der Waals surface area contributed by atoms with Gasteiger partial charge in [-0.1, -0.05) is 92.7 Å². The number of likely N-dealkylation sites (tertiary alicyclic amines) is 1. The van der Waals surface area contributed by atoms with Gasteiger partial charge < -0.3 is 25.3 Å². The molecule has 4 aromatic carbocycles. The van der Waals surface area contributed by atoms with E-state index in [9.17, 15) is 14.4 Å². The topological polar surface area (TPSA) is 97.5 Å². The van der Waals surface area contributed by atoms with Crippen molar-refractivity contribution in [2.45, 2.75) is 70.3 Å². The molecule has 4 atom stereocenters. The van der Waals surface area contributed by atoms with Crippen molar-refractivity contribution >= 4 is 41.2 Å². The molecule has 0 saturated carbocycles. The zero-order chi connectivity index (χ0) is 39.8. The standard InChI is InChI=1S/C46H56N6O4/c1-7-34-13-9-10-15-36(34)31-56-52-30-40(50(5)6)28-43(52)45(54)48-38-25-21-33(22-26-38)18-17-32-19-23-37(24-20-32)47-44(53)42-27-39(49(3)4)29-51(42)46(55)41-16-12-11-14-35(41)8-2/h9-26,39-40,42-43H,7-8,27-31H2,1-6H3,(H,47,53)(H,48,54)/b18-17+/t39-,40-,42-,43-/m0/s1. The highest BCUT2D eigenvalue weighted by atomic mass is 16.7. The largest absolute Gasteiger partial charge is 0.325 e. The summed E-state index contributed by atoms with van der Waals surface area (Å²) in [6.07, 6.45) is 6.95. The lowest BCUT2D eigenvalue weighted by Gasteiger charge is -2.25. The number of nitrogens with one attached hydrogen (secondary N) is 2. The van der Waals surface area contributed by atoms with Gasteiger partial charge in [-0.05, 0) is 112 Å². The number of rotatable bonds is 14. The predicted molar refractivity (Wildman–Crippen MR) is 225 cm³/mol. The summed E-state index contributed by atoms with van der Waals surface area (Å²) in [5.74, 6) is -0.369. The van der Waals surface area contributed by atoms with Crippen LogP contribution in [0.4, 0.5) is 11.4 Å². The van der Waals surface area contributed by atoms with Crippen molar-refractivity contribution < 1.29 is 19.2 Å². The van der Waals surface area contributed by atoms with Gasteiger partial charge in [0.25, 0.3) is 5.91 Å². The molecular weight excluding hydrogens is 701 g/mol. The van der Waals surface area contributed by atoms with E-state index in [1.54, 1.807) is 4.90 Å². The average Bonchev–Trinajstić information content (AvgIpc) is 3.87. The Hall–Kier alpha value is -5.13. The van der Waals surface area contributed by atoms with Crippen LogP contribution in [0.1, 0.15) is 64.9 Å². The number of carbonyl (C=O) groups excluding carboxylic acids is 3. The number of anilines is 2. The van der Waals surface area contributed by atoms with Gasteiger partial charge in [0.05, 0.1) is 6.61 Å². The van der Waals surface area contributed by atoms with Crippen molar-refractivity contribution in [1.82, 2.24) is 19.8 Å². The van der Waals surface area contributed by atoms with Gasteiger partial charge in [-0.25, -0.2) is 0 Å². The van der Waals surface area contributed by atoms with Crippen molar-refractivity contribution in [3.8, 4) is 0 Å². The number of nitrogens with zero attached hydrogens (tertiary/aromatic N) is 4. The van der Waals surface area contributed by atoms with E-state index in [4.69, 9.17) is 4.84 Å². The van der Waals surface area contributed by atoms with E-state index in [0.29, 0.717) is 43.8 Å². The van der Waals surface area contributed by atoms with E-state index < -0.39 is 12.1 Å². The summed E-state index contributed by atoms with van der Waals surface area (Å²) in [6.45, 7) is 5.76. The Morgan fingerprint density at radius 1 is 0.643 bits per heavy atom. The summed E-state index contributed by atoms with van der Waals surface area (Å²) in [7, 11) is 8.06. The molecule has 0 spiro atoms. The van der Waals surface area contributed by atoms with Gasteiger partial charge in [0.15, 0.2) is 0 Å². The Bertz CT molecular complexity index is 1990. The molecule has 0 unspecified atom stereocenters. The van der Waals surface area contributed by atoms with Gasteiger partial charge in [0.1, 0.15) is 12.1 Å². The van der Waals surface area contributed by atoms with E-state index in [-0.39, 0.29) is 29.8 Å². The number of amides is 3. The molecule has 0 aliphatic carbocycles. The van der Waals surface area contributed by atoms with Crippen molar-refractivity contribution in [3.63, 3.8) is 0 Å². The van der Waals surface area contributed by atoms with Gasteiger partial charge in [0.2, 0.25) is 11.8 Å². The van der Waals surface area contributed by atoms with Crippen LogP contribution in [-0.2, 0) is 33.9 Å². The number of benzene rings is 4. The normalized spacial score (nSPS) is 20.0. The highest BCUT2D eigenvalue weighted by molar-refractivity contribution is 6.02. The smallest absolute Gasteiger partial charge is 0.254 e. The summed E-state index contributed by atoms with van der Waals surface area (Å²) in [6, 6.07) is 30.7. The van der Waals surface area contributed by atoms with Crippen molar-refractivity contribution in [1.29, 1.82) is 0 Å². The maximum Gasteiger partial charge on any atom is 0.254 e. The highest BCUT2D eigenvalue weighted by Crippen LogP contribution is 2.27. The molecule has 0 bridgehead atoms. The molecule has 56 heavy (non-hydrogen) atoms. The third-order valence-electron chi connectivity index (χ3n) is 11.2. The number of hydrogen-bond acceptors (Lipinski definition) is 7. The molecule has 2 N–H and O–H groups in total. The Morgan fingerprint density at radius 2 is 1.12 bits per heavy atom. The SMILES string of the molecule is CCc1ccccc1CON1C[C@@H](N(C)C)C[C@H]1C(=O)Nc1ccc(/C=C/c2ccc(NC(=O)[C@@H]3C[C@H](N(C)C)CN3C(=O)c3ccccc3CC)cc2)cc1. The predicted octanol–water partition coefficient (Wildman–Crippen LogP) is 6.84. The Kier molecular flexibility index (Phi) is 13.5. The lowest BCUT2D eigenvalue weighted by molar-refractivity contribution is -0.183. The molecule has 294 valence electrons. The summed E-state index contributed by atoms with van der Waals surface area (Å²) < 4.78 is 0. The third-order valence-corrected chi connectivity index (χ3v) is 11.2. The first-order chi connectivity index (χ1) is 27.0. The molecule has 10 nitrogen and oxygen atoms in total. The first-order valence-electron chi connectivity index (χ1n) is 19.7. The second-order valence-corrected chi connectivity index (χ2v) is 15.3. The monoisotopic (exact) mass is 756 g/mol. The van der Waals surface area contributed by atoms with E-state index in [1.165, 1.54) is 5.56 Å². The van der Waals surface area contributed by atoms with E-state index in [0.717, 1.165) is 40.8 Å². The summed E-state index contributed by atoms with van der Waals surface area (Å²) in [4.78, 5) is 53.2. The zero-order valence-electron chi connectivity index (χ0n) is 33.6. The van der Waals surface area contributed by atoms with Crippen molar-refractivity contribution in [2.75, 3.05) is 51.9 Å². The molecule has 2 heterocycles. The first-order valence-corrected chi connectivity index (χ1v) is 19.7. The molecular formula is C46H56N6O4. The minimum absolute atomic E-state index is 0.0832. The van der Waals surface area contributed by atoms with Crippen LogP contribution in [0.15, 0.2) is 97.1 Å². The van der Waals surface area contributed by atoms with Gasteiger partial charge in [-0.3, -0.25) is 19.2 Å². The van der Waals surface area contributed by atoms with Gasteiger partial charge in [-0.2, -0.15) is 5.06 Å².